The number of aromatic nitrogens is 1. The summed E-state index contributed by atoms with van der Waals surface area (Å²) >= 11 is 0. The van der Waals surface area contributed by atoms with Crippen LogP contribution < -0.4 is 5.43 Å². The van der Waals surface area contributed by atoms with Gasteiger partial charge in [-0.25, -0.2) is 5.43 Å². The molecule has 1 amide bonds. The molecule has 0 saturated heterocycles. The molecule has 1 aromatic heterocycles. The van der Waals surface area contributed by atoms with Gasteiger partial charge in [-0.2, -0.15) is 5.10 Å². The molecule has 1 heterocycles. The van der Waals surface area contributed by atoms with Gasteiger partial charge in [0.1, 0.15) is 0 Å². The molecule has 0 fully saturated rings. The van der Waals surface area contributed by atoms with Crippen molar-refractivity contribution in [3.63, 3.8) is 0 Å². The molecule has 0 bridgehead atoms. The first kappa shape index (κ1) is 14.3. The molecular weight excluding hydrogens is 272 g/mol. The quantitative estimate of drug-likeness (QED) is 0.513. The molecule has 2 rings (SSSR count). The summed E-state index contributed by atoms with van der Waals surface area (Å²) in [6, 6.07) is 11.2. The Labute approximate surface area is 120 Å². The normalized spacial score (nSPS) is 10.5. The van der Waals surface area contributed by atoms with Crippen molar-refractivity contribution in [1.82, 2.24) is 10.4 Å². The van der Waals surface area contributed by atoms with Crippen LogP contribution in [0.5, 0.6) is 0 Å². The summed E-state index contributed by atoms with van der Waals surface area (Å²) in [5, 5.41) is 14.3. The maximum Gasteiger partial charge on any atom is 0.269 e. The number of non-ortho nitro benzene ring substituents is 1. The number of hydrazone groups is 1. The molecule has 0 aliphatic heterocycles. The molecule has 0 saturated carbocycles. The highest BCUT2D eigenvalue weighted by atomic mass is 16.6. The summed E-state index contributed by atoms with van der Waals surface area (Å²) in [7, 11) is 0. The Morgan fingerprint density at radius 1 is 1.29 bits per heavy atom. The Morgan fingerprint density at radius 3 is 2.67 bits per heavy atom. The lowest BCUT2D eigenvalue weighted by Crippen LogP contribution is -2.19. The number of rotatable bonds is 5. The van der Waals surface area contributed by atoms with Crippen LogP contribution in [-0.4, -0.2) is 22.0 Å². The van der Waals surface area contributed by atoms with Crippen molar-refractivity contribution in [3.05, 3.63) is 70.0 Å². The SMILES string of the molecule is O=C(Cc1ccc([N+](=O)[O-])cc1)NN=Cc1ccccn1. The second-order valence-corrected chi connectivity index (χ2v) is 4.15. The zero-order valence-corrected chi connectivity index (χ0v) is 11.0. The monoisotopic (exact) mass is 284 g/mol. The van der Waals surface area contributed by atoms with E-state index >= 15 is 0 Å². The van der Waals surface area contributed by atoms with E-state index < -0.39 is 4.92 Å². The second kappa shape index (κ2) is 6.90. The Morgan fingerprint density at radius 2 is 2.05 bits per heavy atom. The third-order valence-electron chi connectivity index (χ3n) is 2.59. The van der Waals surface area contributed by atoms with Gasteiger partial charge in [0.25, 0.3) is 5.69 Å². The number of hydrogen-bond donors (Lipinski definition) is 1. The fourth-order valence-electron chi connectivity index (χ4n) is 1.58. The van der Waals surface area contributed by atoms with Gasteiger partial charge in [-0.05, 0) is 17.7 Å². The molecule has 1 aromatic carbocycles. The van der Waals surface area contributed by atoms with Crippen LogP contribution in [-0.2, 0) is 11.2 Å². The Bertz CT molecular complexity index is 654. The minimum Gasteiger partial charge on any atom is -0.273 e. The fraction of sp³-hybridized carbons (Fsp3) is 0.0714. The lowest BCUT2D eigenvalue weighted by Gasteiger charge is -2.00. The number of pyridine rings is 1. The minimum absolute atomic E-state index is 0.00710. The number of hydrogen-bond acceptors (Lipinski definition) is 5. The number of nitro groups is 1. The van der Waals surface area contributed by atoms with Crippen molar-refractivity contribution in [2.75, 3.05) is 0 Å². The molecule has 21 heavy (non-hydrogen) atoms. The van der Waals surface area contributed by atoms with Gasteiger partial charge < -0.3 is 0 Å². The van der Waals surface area contributed by atoms with E-state index in [1.807, 2.05) is 6.07 Å². The van der Waals surface area contributed by atoms with E-state index in [1.165, 1.54) is 18.3 Å². The van der Waals surface area contributed by atoms with E-state index in [2.05, 4.69) is 15.5 Å². The van der Waals surface area contributed by atoms with Gasteiger partial charge in [0.05, 0.1) is 23.3 Å². The lowest BCUT2D eigenvalue weighted by molar-refractivity contribution is -0.384. The molecule has 0 spiro atoms. The molecule has 0 radical (unpaired) electrons. The zero-order valence-electron chi connectivity index (χ0n) is 11.0. The fourth-order valence-corrected chi connectivity index (χ4v) is 1.58. The third-order valence-corrected chi connectivity index (χ3v) is 2.59. The predicted molar refractivity (Wildman–Crippen MR) is 76.8 cm³/mol. The second-order valence-electron chi connectivity index (χ2n) is 4.15. The van der Waals surface area contributed by atoms with Crippen molar-refractivity contribution in [2.24, 2.45) is 5.10 Å². The standard InChI is InChI=1S/C14H12N4O3/c19-14(17-16-10-12-3-1-2-8-15-12)9-11-4-6-13(7-5-11)18(20)21/h1-8,10H,9H2,(H,17,19). The summed E-state index contributed by atoms with van der Waals surface area (Å²) in [5.41, 5.74) is 3.67. The van der Waals surface area contributed by atoms with Crippen LogP contribution in [0.4, 0.5) is 5.69 Å². The van der Waals surface area contributed by atoms with Gasteiger partial charge in [0.2, 0.25) is 5.91 Å². The first-order chi connectivity index (χ1) is 10.1. The molecule has 7 nitrogen and oxygen atoms in total. The van der Waals surface area contributed by atoms with Gasteiger partial charge in [-0.3, -0.25) is 19.9 Å². The van der Waals surface area contributed by atoms with Gasteiger partial charge in [-0.1, -0.05) is 18.2 Å². The van der Waals surface area contributed by atoms with Crippen molar-refractivity contribution >= 4 is 17.8 Å². The van der Waals surface area contributed by atoms with Crippen LogP contribution in [0.1, 0.15) is 11.3 Å². The summed E-state index contributed by atoms with van der Waals surface area (Å²) in [4.78, 5) is 25.7. The molecule has 0 unspecified atom stereocenters. The number of carbonyl (C=O) groups excluding carboxylic acids is 1. The lowest BCUT2D eigenvalue weighted by atomic mass is 10.1. The third kappa shape index (κ3) is 4.50. The summed E-state index contributed by atoms with van der Waals surface area (Å²) in [5.74, 6) is -0.309. The summed E-state index contributed by atoms with van der Waals surface area (Å²) in [6.45, 7) is 0. The topological polar surface area (TPSA) is 97.5 Å². The predicted octanol–water partition coefficient (Wildman–Crippen LogP) is 1.68. The number of nitrogens with one attached hydrogen (secondary N) is 1. The van der Waals surface area contributed by atoms with Gasteiger partial charge in [0, 0.05) is 18.3 Å². The zero-order chi connectivity index (χ0) is 15.1. The van der Waals surface area contributed by atoms with Gasteiger partial charge >= 0.3 is 0 Å². The number of benzene rings is 1. The van der Waals surface area contributed by atoms with E-state index in [0.717, 1.165) is 0 Å². The minimum atomic E-state index is -0.485. The molecular formula is C14H12N4O3. The van der Waals surface area contributed by atoms with E-state index in [-0.39, 0.29) is 18.0 Å². The first-order valence-corrected chi connectivity index (χ1v) is 6.11. The Balaban J connectivity index is 1.87. The first-order valence-electron chi connectivity index (χ1n) is 6.11. The maximum absolute atomic E-state index is 11.6. The van der Waals surface area contributed by atoms with Crippen molar-refractivity contribution in [3.8, 4) is 0 Å². The number of nitrogens with zero attached hydrogens (tertiary/aromatic N) is 3. The highest BCUT2D eigenvalue weighted by Crippen LogP contribution is 2.12. The highest BCUT2D eigenvalue weighted by molar-refractivity contribution is 5.82. The Hall–Kier alpha value is -3.09. The van der Waals surface area contributed by atoms with Crippen molar-refractivity contribution in [1.29, 1.82) is 0 Å². The van der Waals surface area contributed by atoms with Crippen LogP contribution in [0, 0.1) is 10.1 Å². The number of amides is 1. The highest BCUT2D eigenvalue weighted by Gasteiger charge is 2.06. The van der Waals surface area contributed by atoms with Gasteiger partial charge in [0.15, 0.2) is 0 Å². The molecule has 1 N–H and O–H groups in total. The smallest absolute Gasteiger partial charge is 0.269 e. The van der Waals surface area contributed by atoms with Crippen LogP contribution in [0.15, 0.2) is 53.8 Å². The van der Waals surface area contributed by atoms with Crippen LogP contribution >= 0.6 is 0 Å². The molecule has 2 aromatic rings. The molecule has 0 atom stereocenters. The molecule has 0 aliphatic rings. The number of nitro benzene ring substituents is 1. The van der Waals surface area contributed by atoms with E-state index in [9.17, 15) is 14.9 Å². The van der Waals surface area contributed by atoms with Crippen LogP contribution in [0.25, 0.3) is 0 Å². The average Bonchev–Trinajstić information content (AvgIpc) is 2.49. The maximum atomic E-state index is 11.6. The van der Waals surface area contributed by atoms with E-state index in [0.29, 0.717) is 11.3 Å². The molecule has 7 heteroatoms. The average molecular weight is 284 g/mol. The van der Waals surface area contributed by atoms with Crippen LogP contribution in [0.3, 0.4) is 0 Å². The van der Waals surface area contributed by atoms with Crippen molar-refractivity contribution in [2.45, 2.75) is 6.42 Å². The number of carbonyl (C=O) groups is 1. The van der Waals surface area contributed by atoms with Crippen LogP contribution in [0.2, 0.25) is 0 Å². The largest absolute Gasteiger partial charge is 0.273 e. The summed E-state index contributed by atoms with van der Waals surface area (Å²) in [6.07, 6.45) is 3.16. The van der Waals surface area contributed by atoms with E-state index in [1.54, 1.807) is 30.5 Å². The molecule has 106 valence electrons. The van der Waals surface area contributed by atoms with Crippen molar-refractivity contribution < 1.29 is 9.72 Å². The van der Waals surface area contributed by atoms with E-state index in [4.69, 9.17) is 0 Å². The Kier molecular flexibility index (Phi) is 4.70. The van der Waals surface area contributed by atoms with Gasteiger partial charge in [-0.15, -0.1) is 0 Å². The molecule has 0 aliphatic carbocycles. The summed E-state index contributed by atoms with van der Waals surface area (Å²) < 4.78 is 0.